The Morgan fingerprint density at radius 2 is 1.79 bits per heavy atom. The van der Waals surface area contributed by atoms with Crippen molar-refractivity contribution in [2.45, 2.75) is 32.0 Å². The molecule has 0 saturated carbocycles. The summed E-state index contributed by atoms with van der Waals surface area (Å²) in [6.07, 6.45) is -3.49. The van der Waals surface area contributed by atoms with Crippen LogP contribution in [0.3, 0.4) is 0 Å². The number of carbonyl (C=O) groups excluding carboxylic acids is 1. The first-order valence-corrected chi connectivity index (χ1v) is 7.92. The third kappa shape index (κ3) is 9.07. The summed E-state index contributed by atoms with van der Waals surface area (Å²) in [5.41, 5.74) is 21.6. The van der Waals surface area contributed by atoms with Gasteiger partial charge in [-0.3, -0.25) is 4.79 Å². The second kappa shape index (κ2) is 11.0. The first-order valence-electron chi connectivity index (χ1n) is 7.55. The highest BCUT2D eigenvalue weighted by molar-refractivity contribution is 6.31. The van der Waals surface area contributed by atoms with Gasteiger partial charge in [-0.25, -0.2) is 19.8 Å². The number of aliphatic imine (C=N–C) groups is 1. The van der Waals surface area contributed by atoms with Crippen LogP contribution in [-0.2, 0) is 4.79 Å². The molecule has 0 aromatic carbocycles. The number of hydrogen-bond donors (Lipinski definition) is 6. The summed E-state index contributed by atoms with van der Waals surface area (Å²) in [6.45, 7) is 2.23. The Kier molecular flexibility index (Phi) is 9.77. The maximum atomic E-state index is 12.0. The van der Waals surface area contributed by atoms with Gasteiger partial charge in [0.1, 0.15) is 0 Å². The van der Waals surface area contributed by atoms with Gasteiger partial charge in [0.15, 0.2) is 28.4 Å². The number of guanidine groups is 1. The molecule has 0 aliphatic carbocycles. The zero-order valence-corrected chi connectivity index (χ0v) is 15.4. The number of rotatable bonds is 6. The van der Waals surface area contributed by atoms with Gasteiger partial charge < -0.3 is 33.4 Å². The number of carbonyl (C=O) groups is 2. The van der Waals surface area contributed by atoms with Crippen LogP contribution in [0.15, 0.2) is 4.99 Å². The summed E-state index contributed by atoms with van der Waals surface area (Å²) < 4.78 is 31.7. The molecular formula is C13H20ClF3N8O3. The minimum absolute atomic E-state index is 0.0301. The summed E-state index contributed by atoms with van der Waals surface area (Å²) >= 11 is 5.72. The predicted molar refractivity (Wildman–Crippen MR) is 96.4 cm³/mol. The summed E-state index contributed by atoms with van der Waals surface area (Å²) in [6, 6.07) is -0.220. The standard InChI is InChI=1S/C11H19ClN8O.C2HF3O2/c1-2-3-5(18-11(15)16)4-17-10(21)6-8(13)20-9(14)7(12)19-6;3-2(4,5)1(6)7/h5H,2-4H2,1H3,(H,17,21)(H4,13,14,20)(H4,15,16,18);(H,6,7)/t5-;/m0./s1. The van der Waals surface area contributed by atoms with Crippen LogP contribution in [0.2, 0.25) is 5.15 Å². The smallest absolute Gasteiger partial charge is 0.475 e. The number of alkyl halides is 3. The molecule has 11 nitrogen and oxygen atoms in total. The third-order valence-electron chi connectivity index (χ3n) is 2.81. The number of carboxylic acids is 1. The van der Waals surface area contributed by atoms with E-state index in [1.807, 2.05) is 6.92 Å². The minimum Gasteiger partial charge on any atom is -0.475 e. The average molecular weight is 429 g/mol. The SMILES string of the molecule is CCC[C@@H](CNC(=O)c1nc(Cl)c(N)nc1N)N=C(N)N.O=C(O)C(F)(F)F. The fraction of sp³-hybridized carbons (Fsp3) is 0.462. The predicted octanol–water partition coefficient (Wildman–Crippen LogP) is 0.0996. The lowest BCUT2D eigenvalue weighted by molar-refractivity contribution is -0.192. The van der Waals surface area contributed by atoms with Gasteiger partial charge in [0.25, 0.3) is 5.91 Å². The Morgan fingerprint density at radius 3 is 2.21 bits per heavy atom. The van der Waals surface area contributed by atoms with Crippen molar-refractivity contribution in [3.05, 3.63) is 10.8 Å². The van der Waals surface area contributed by atoms with E-state index in [0.717, 1.165) is 12.8 Å². The average Bonchev–Trinajstić information content (AvgIpc) is 2.55. The number of hydrogen-bond acceptors (Lipinski definition) is 7. The van der Waals surface area contributed by atoms with E-state index in [0.29, 0.717) is 0 Å². The maximum absolute atomic E-state index is 12.0. The highest BCUT2D eigenvalue weighted by Gasteiger charge is 2.38. The normalized spacial score (nSPS) is 11.6. The van der Waals surface area contributed by atoms with Gasteiger partial charge in [0.2, 0.25) is 0 Å². The number of nitrogens with zero attached hydrogens (tertiary/aromatic N) is 3. The summed E-state index contributed by atoms with van der Waals surface area (Å²) in [4.78, 5) is 32.5. The molecule has 1 aromatic rings. The van der Waals surface area contributed by atoms with E-state index >= 15 is 0 Å². The van der Waals surface area contributed by atoms with Crippen LogP contribution in [0.1, 0.15) is 30.3 Å². The molecule has 0 aliphatic heterocycles. The Bertz CT molecular complexity index is 726. The second-order valence-corrected chi connectivity index (χ2v) is 5.50. The van der Waals surface area contributed by atoms with E-state index in [9.17, 15) is 18.0 Å². The van der Waals surface area contributed by atoms with Gasteiger partial charge in [0, 0.05) is 6.54 Å². The molecule has 0 aliphatic rings. The van der Waals surface area contributed by atoms with E-state index in [1.165, 1.54) is 0 Å². The molecule has 0 unspecified atom stereocenters. The van der Waals surface area contributed by atoms with E-state index in [-0.39, 0.29) is 41.0 Å². The molecule has 0 bridgehead atoms. The van der Waals surface area contributed by atoms with Crippen LogP contribution < -0.4 is 28.3 Å². The molecule has 0 spiro atoms. The molecule has 1 amide bonds. The molecule has 10 N–H and O–H groups in total. The number of carboxylic acid groups (broad SMARTS) is 1. The number of anilines is 2. The summed E-state index contributed by atoms with van der Waals surface area (Å²) in [5, 5.41) is 9.68. The molecule has 15 heteroatoms. The number of nitrogens with two attached hydrogens (primary N) is 4. The third-order valence-corrected chi connectivity index (χ3v) is 3.09. The molecule has 0 saturated heterocycles. The molecule has 1 atom stereocenters. The molecule has 1 heterocycles. The van der Waals surface area contributed by atoms with E-state index < -0.39 is 18.1 Å². The molecule has 28 heavy (non-hydrogen) atoms. The Morgan fingerprint density at radius 1 is 1.25 bits per heavy atom. The van der Waals surface area contributed by atoms with Crippen LogP contribution in [0.4, 0.5) is 24.8 Å². The Balaban J connectivity index is 0.000000887. The van der Waals surface area contributed by atoms with E-state index in [4.69, 9.17) is 44.4 Å². The minimum atomic E-state index is -5.08. The van der Waals surface area contributed by atoms with Crippen LogP contribution in [0.5, 0.6) is 0 Å². The molecule has 1 rings (SSSR count). The van der Waals surface area contributed by atoms with Gasteiger partial charge in [-0.2, -0.15) is 13.2 Å². The molecule has 0 radical (unpaired) electrons. The van der Waals surface area contributed by atoms with Gasteiger partial charge in [0.05, 0.1) is 6.04 Å². The number of aliphatic carboxylic acids is 1. The van der Waals surface area contributed by atoms with Gasteiger partial charge in [-0.15, -0.1) is 0 Å². The van der Waals surface area contributed by atoms with Crippen molar-refractivity contribution in [1.82, 2.24) is 15.3 Å². The first kappa shape index (κ1) is 25.0. The molecular weight excluding hydrogens is 409 g/mol. The largest absolute Gasteiger partial charge is 0.490 e. The van der Waals surface area contributed by atoms with Gasteiger partial charge in [-0.05, 0) is 6.42 Å². The first-order chi connectivity index (χ1) is 12.8. The molecule has 0 fully saturated rings. The fourth-order valence-electron chi connectivity index (χ4n) is 1.66. The van der Waals surface area contributed by atoms with Gasteiger partial charge in [-0.1, -0.05) is 24.9 Å². The number of nitrogens with one attached hydrogen (secondary N) is 1. The zero-order valence-electron chi connectivity index (χ0n) is 14.6. The van der Waals surface area contributed by atoms with Crippen molar-refractivity contribution in [2.24, 2.45) is 16.5 Å². The number of halogens is 4. The van der Waals surface area contributed by atoms with Crippen molar-refractivity contribution in [3.8, 4) is 0 Å². The van der Waals surface area contributed by atoms with Crippen molar-refractivity contribution in [3.63, 3.8) is 0 Å². The summed E-state index contributed by atoms with van der Waals surface area (Å²) in [7, 11) is 0. The zero-order chi connectivity index (χ0) is 22.1. The van der Waals surface area contributed by atoms with E-state index in [2.05, 4.69) is 20.3 Å². The Labute approximate surface area is 162 Å². The van der Waals surface area contributed by atoms with Crippen molar-refractivity contribution in [1.29, 1.82) is 0 Å². The van der Waals surface area contributed by atoms with Crippen LogP contribution in [0, 0.1) is 0 Å². The van der Waals surface area contributed by atoms with Gasteiger partial charge >= 0.3 is 12.1 Å². The highest BCUT2D eigenvalue weighted by atomic mass is 35.5. The fourth-order valence-corrected chi connectivity index (χ4v) is 1.79. The van der Waals surface area contributed by atoms with Crippen LogP contribution in [-0.4, -0.2) is 51.7 Å². The van der Waals surface area contributed by atoms with Crippen LogP contribution in [0.25, 0.3) is 0 Å². The monoisotopic (exact) mass is 428 g/mol. The lowest BCUT2D eigenvalue weighted by Gasteiger charge is -2.13. The van der Waals surface area contributed by atoms with Crippen molar-refractivity contribution >= 4 is 41.1 Å². The number of amides is 1. The quantitative estimate of drug-likeness (QED) is 0.267. The number of nitrogen functional groups attached to an aromatic ring is 2. The lowest BCUT2D eigenvalue weighted by atomic mass is 10.2. The van der Waals surface area contributed by atoms with Crippen molar-refractivity contribution < 1.29 is 27.9 Å². The highest BCUT2D eigenvalue weighted by Crippen LogP contribution is 2.17. The van der Waals surface area contributed by atoms with Crippen LogP contribution >= 0.6 is 11.6 Å². The van der Waals surface area contributed by atoms with Crippen molar-refractivity contribution in [2.75, 3.05) is 18.0 Å². The summed E-state index contributed by atoms with van der Waals surface area (Å²) in [5.74, 6) is -3.43. The molecule has 1 aromatic heterocycles. The maximum Gasteiger partial charge on any atom is 0.490 e. The molecule has 158 valence electrons. The second-order valence-electron chi connectivity index (χ2n) is 5.14. The Hall–Kier alpha value is -3.03. The van der Waals surface area contributed by atoms with E-state index in [1.54, 1.807) is 0 Å². The topological polar surface area (TPSA) is 209 Å². The number of aromatic nitrogens is 2. The lowest BCUT2D eigenvalue weighted by Crippen LogP contribution is -2.35.